The zero-order valence-corrected chi connectivity index (χ0v) is 17.4. The van der Waals surface area contributed by atoms with E-state index >= 15 is 0 Å². The van der Waals surface area contributed by atoms with Gasteiger partial charge in [-0.3, -0.25) is 0 Å². The molecule has 0 saturated carbocycles. The third-order valence-electron chi connectivity index (χ3n) is 5.46. The Kier molecular flexibility index (Phi) is 7.45. The molecular weight excluding hydrogens is 358 g/mol. The number of ether oxygens (including phenoxy) is 1. The van der Waals surface area contributed by atoms with E-state index < -0.39 is 5.60 Å². The molecule has 3 aromatic carbocycles. The number of aliphatic hydroxyl groups is 1. The molecule has 0 fully saturated rings. The van der Waals surface area contributed by atoms with Crippen LogP contribution in [0.3, 0.4) is 0 Å². The molecule has 0 spiro atoms. The van der Waals surface area contributed by atoms with Crippen molar-refractivity contribution >= 4 is 0 Å². The summed E-state index contributed by atoms with van der Waals surface area (Å²) >= 11 is 0. The number of hydrogen-bond donors (Lipinski definition) is 1. The van der Waals surface area contributed by atoms with Crippen LogP contribution in [-0.4, -0.2) is 36.2 Å². The molecule has 0 aliphatic carbocycles. The van der Waals surface area contributed by atoms with Crippen LogP contribution in [0.1, 0.15) is 30.5 Å². The van der Waals surface area contributed by atoms with Crippen LogP contribution in [-0.2, 0) is 12.0 Å². The number of rotatable bonds is 10. The Morgan fingerprint density at radius 2 is 1.31 bits per heavy atom. The van der Waals surface area contributed by atoms with Crippen molar-refractivity contribution in [3.05, 3.63) is 102 Å². The molecular formula is C26H31NO2. The van der Waals surface area contributed by atoms with Gasteiger partial charge >= 0.3 is 0 Å². The van der Waals surface area contributed by atoms with Gasteiger partial charge < -0.3 is 14.7 Å². The van der Waals surface area contributed by atoms with Crippen LogP contribution < -0.4 is 4.74 Å². The Morgan fingerprint density at radius 1 is 0.759 bits per heavy atom. The molecule has 0 aromatic heterocycles. The molecule has 0 saturated heterocycles. The van der Waals surface area contributed by atoms with Gasteiger partial charge in [-0.05, 0) is 41.9 Å². The molecule has 3 rings (SSSR count). The molecule has 3 heteroatoms. The van der Waals surface area contributed by atoms with E-state index in [4.69, 9.17) is 4.74 Å². The lowest BCUT2D eigenvalue weighted by Crippen LogP contribution is -2.30. The highest BCUT2D eigenvalue weighted by Gasteiger charge is 2.31. The van der Waals surface area contributed by atoms with Crippen molar-refractivity contribution in [2.75, 3.05) is 26.2 Å². The van der Waals surface area contributed by atoms with Gasteiger partial charge in [0, 0.05) is 13.0 Å². The predicted molar refractivity (Wildman–Crippen MR) is 119 cm³/mol. The fraction of sp³-hybridized carbons (Fsp3) is 0.308. The van der Waals surface area contributed by atoms with Gasteiger partial charge in [-0.2, -0.15) is 0 Å². The summed E-state index contributed by atoms with van der Waals surface area (Å²) in [5.74, 6) is 0.830. The van der Waals surface area contributed by atoms with Crippen molar-refractivity contribution in [1.82, 2.24) is 4.90 Å². The molecule has 0 amide bonds. The van der Waals surface area contributed by atoms with E-state index in [9.17, 15) is 5.11 Å². The zero-order valence-electron chi connectivity index (χ0n) is 17.4. The van der Waals surface area contributed by atoms with Crippen molar-refractivity contribution in [1.29, 1.82) is 0 Å². The second-order valence-electron chi connectivity index (χ2n) is 7.29. The van der Waals surface area contributed by atoms with Gasteiger partial charge in [0.25, 0.3) is 0 Å². The van der Waals surface area contributed by atoms with Crippen LogP contribution in [0.15, 0.2) is 84.9 Å². The lowest BCUT2D eigenvalue weighted by Gasteiger charge is -2.30. The van der Waals surface area contributed by atoms with Crippen molar-refractivity contribution < 1.29 is 9.84 Å². The second-order valence-corrected chi connectivity index (χ2v) is 7.29. The Balaban J connectivity index is 1.79. The Morgan fingerprint density at radius 3 is 1.90 bits per heavy atom. The average molecular weight is 390 g/mol. The maximum Gasteiger partial charge on any atom is 0.119 e. The topological polar surface area (TPSA) is 32.7 Å². The van der Waals surface area contributed by atoms with Crippen LogP contribution in [0.25, 0.3) is 0 Å². The molecule has 1 unspecified atom stereocenters. The maximum absolute atomic E-state index is 11.8. The number of nitrogens with zero attached hydrogens (tertiary/aromatic N) is 1. The standard InChI is InChI=1S/C26H31NO2/c1-3-27(4-2)19-20-29-25-17-15-24(16-18-25)26(28,23-13-9-6-10-14-23)21-22-11-7-5-8-12-22/h5-18,28H,3-4,19-21H2,1-2H3. The van der Waals surface area contributed by atoms with Crippen LogP contribution in [0.4, 0.5) is 0 Å². The normalized spacial score (nSPS) is 13.2. The molecule has 0 heterocycles. The Bertz CT molecular complexity index is 845. The lowest BCUT2D eigenvalue weighted by atomic mass is 9.81. The summed E-state index contributed by atoms with van der Waals surface area (Å²) in [6, 6.07) is 27.9. The molecule has 0 aliphatic rings. The lowest BCUT2D eigenvalue weighted by molar-refractivity contribution is 0.0810. The Labute approximate surface area is 174 Å². The average Bonchev–Trinajstić information content (AvgIpc) is 2.78. The minimum Gasteiger partial charge on any atom is -0.492 e. The summed E-state index contributed by atoms with van der Waals surface area (Å²) in [6.07, 6.45) is 0.514. The van der Waals surface area contributed by atoms with Gasteiger partial charge in [0.1, 0.15) is 18.0 Å². The van der Waals surface area contributed by atoms with Gasteiger partial charge in [-0.15, -0.1) is 0 Å². The first-order chi connectivity index (χ1) is 14.2. The van der Waals surface area contributed by atoms with E-state index in [1.165, 1.54) is 0 Å². The van der Waals surface area contributed by atoms with Crippen molar-refractivity contribution in [3.8, 4) is 5.75 Å². The molecule has 152 valence electrons. The summed E-state index contributed by atoms with van der Waals surface area (Å²) in [5, 5.41) is 11.8. The number of benzene rings is 3. The van der Waals surface area contributed by atoms with Crippen molar-refractivity contribution in [3.63, 3.8) is 0 Å². The highest BCUT2D eigenvalue weighted by atomic mass is 16.5. The first-order valence-corrected chi connectivity index (χ1v) is 10.4. The van der Waals surface area contributed by atoms with Crippen LogP contribution >= 0.6 is 0 Å². The third-order valence-corrected chi connectivity index (χ3v) is 5.46. The monoisotopic (exact) mass is 389 g/mol. The highest BCUT2D eigenvalue weighted by molar-refractivity contribution is 5.40. The van der Waals surface area contributed by atoms with Gasteiger partial charge in [-0.25, -0.2) is 0 Å². The van der Waals surface area contributed by atoms with E-state index in [1.807, 2.05) is 72.8 Å². The molecule has 1 atom stereocenters. The van der Waals surface area contributed by atoms with Crippen molar-refractivity contribution in [2.24, 2.45) is 0 Å². The second kappa shape index (κ2) is 10.2. The summed E-state index contributed by atoms with van der Waals surface area (Å²) in [6.45, 7) is 7.96. The predicted octanol–water partition coefficient (Wildman–Crippen LogP) is 4.89. The van der Waals surface area contributed by atoms with Gasteiger partial charge in [-0.1, -0.05) is 86.6 Å². The van der Waals surface area contributed by atoms with E-state index in [1.54, 1.807) is 0 Å². The van der Waals surface area contributed by atoms with E-state index in [0.29, 0.717) is 13.0 Å². The summed E-state index contributed by atoms with van der Waals surface area (Å²) in [4.78, 5) is 2.34. The molecule has 0 aliphatic heterocycles. The summed E-state index contributed by atoms with van der Waals surface area (Å²) in [5.41, 5.74) is 1.75. The molecule has 29 heavy (non-hydrogen) atoms. The largest absolute Gasteiger partial charge is 0.492 e. The molecule has 0 radical (unpaired) electrons. The first kappa shape index (κ1) is 21.1. The maximum atomic E-state index is 11.8. The fourth-order valence-electron chi connectivity index (χ4n) is 3.64. The zero-order chi connectivity index (χ0) is 20.5. The Hall–Kier alpha value is -2.62. The van der Waals surface area contributed by atoms with E-state index in [0.717, 1.165) is 42.1 Å². The fourth-order valence-corrected chi connectivity index (χ4v) is 3.64. The first-order valence-electron chi connectivity index (χ1n) is 10.4. The SMILES string of the molecule is CCN(CC)CCOc1ccc(C(O)(Cc2ccccc2)c2ccccc2)cc1. The van der Waals surface area contributed by atoms with Gasteiger partial charge in [0.05, 0.1) is 0 Å². The summed E-state index contributed by atoms with van der Waals surface area (Å²) in [7, 11) is 0. The molecule has 3 nitrogen and oxygen atoms in total. The molecule has 3 aromatic rings. The van der Waals surface area contributed by atoms with Gasteiger partial charge in [0.2, 0.25) is 0 Å². The summed E-state index contributed by atoms with van der Waals surface area (Å²) < 4.78 is 5.91. The number of hydrogen-bond acceptors (Lipinski definition) is 3. The molecule has 1 N–H and O–H groups in total. The van der Waals surface area contributed by atoms with E-state index in [2.05, 4.69) is 30.9 Å². The van der Waals surface area contributed by atoms with Crippen LogP contribution in [0.2, 0.25) is 0 Å². The van der Waals surface area contributed by atoms with Gasteiger partial charge in [0.15, 0.2) is 0 Å². The minimum absolute atomic E-state index is 0.514. The quantitative estimate of drug-likeness (QED) is 0.536. The highest BCUT2D eigenvalue weighted by Crippen LogP contribution is 2.34. The molecule has 0 bridgehead atoms. The number of likely N-dealkylation sites (N-methyl/N-ethyl adjacent to an activating group) is 1. The van der Waals surface area contributed by atoms with Crippen LogP contribution in [0.5, 0.6) is 5.75 Å². The minimum atomic E-state index is -1.09. The van der Waals surface area contributed by atoms with Crippen LogP contribution in [0, 0.1) is 0 Å². The van der Waals surface area contributed by atoms with E-state index in [-0.39, 0.29) is 0 Å². The van der Waals surface area contributed by atoms with Crippen molar-refractivity contribution in [2.45, 2.75) is 25.9 Å². The third kappa shape index (κ3) is 5.47. The smallest absolute Gasteiger partial charge is 0.119 e.